The van der Waals surface area contributed by atoms with Gasteiger partial charge in [0.25, 0.3) is 0 Å². The second kappa shape index (κ2) is 8.22. The van der Waals surface area contributed by atoms with E-state index in [9.17, 15) is 9.59 Å². The molecule has 1 heterocycles. The maximum absolute atomic E-state index is 12.0. The summed E-state index contributed by atoms with van der Waals surface area (Å²) in [5, 5.41) is 6.57. The quantitative estimate of drug-likeness (QED) is 0.744. The number of nitrogens with one attached hydrogen (secondary N) is 2. The highest BCUT2D eigenvalue weighted by molar-refractivity contribution is 6.30. The third kappa shape index (κ3) is 4.88. The molecular weight excluding hydrogens is 313 g/mol. The van der Waals surface area contributed by atoms with Crippen molar-refractivity contribution in [1.82, 2.24) is 10.6 Å². The summed E-state index contributed by atoms with van der Waals surface area (Å²) in [4.78, 5) is 23.3. The number of primary amides is 1. The zero-order chi connectivity index (χ0) is 14.5. The molecule has 21 heavy (non-hydrogen) atoms. The van der Waals surface area contributed by atoms with Crippen LogP contribution in [0.1, 0.15) is 5.56 Å². The Morgan fingerprint density at radius 1 is 1.24 bits per heavy atom. The molecule has 2 amide bonds. The van der Waals surface area contributed by atoms with Crippen LogP contribution in [0.5, 0.6) is 0 Å². The van der Waals surface area contributed by atoms with Gasteiger partial charge in [0.05, 0.1) is 11.8 Å². The van der Waals surface area contributed by atoms with E-state index < -0.39 is 11.8 Å². The lowest BCUT2D eigenvalue weighted by Crippen LogP contribution is -2.40. The number of rotatable bonds is 5. The van der Waals surface area contributed by atoms with E-state index in [0.717, 1.165) is 12.0 Å². The van der Waals surface area contributed by atoms with Crippen LogP contribution < -0.4 is 16.4 Å². The predicted molar refractivity (Wildman–Crippen MR) is 84.5 cm³/mol. The van der Waals surface area contributed by atoms with Gasteiger partial charge in [-0.05, 0) is 24.1 Å². The average Bonchev–Trinajstić information content (AvgIpc) is 2.90. The monoisotopic (exact) mass is 331 g/mol. The molecule has 0 aliphatic carbocycles. The van der Waals surface area contributed by atoms with Crippen molar-refractivity contribution in [3.63, 3.8) is 0 Å². The van der Waals surface area contributed by atoms with Gasteiger partial charge in [0, 0.05) is 24.7 Å². The molecule has 2 atom stereocenters. The van der Waals surface area contributed by atoms with Crippen molar-refractivity contribution in [2.24, 2.45) is 17.6 Å². The highest BCUT2D eigenvalue weighted by atomic mass is 35.5. The molecule has 0 bridgehead atoms. The number of carbonyl (C=O) groups excluding carboxylic acids is 2. The summed E-state index contributed by atoms with van der Waals surface area (Å²) in [6, 6.07) is 7.50. The number of halogens is 2. The Morgan fingerprint density at radius 2 is 1.86 bits per heavy atom. The second-order valence-corrected chi connectivity index (χ2v) is 5.38. The Bertz CT molecular complexity index is 493. The minimum absolute atomic E-state index is 0. The van der Waals surface area contributed by atoms with Crippen LogP contribution in [0.15, 0.2) is 24.3 Å². The van der Waals surface area contributed by atoms with Crippen LogP contribution in [0.4, 0.5) is 0 Å². The van der Waals surface area contributed by atoms with E-state index >= 15 is 0 Å². The fourth-order valence-electron chi connectivity index (χ4n) is 2.37. The molecule has 1 aromatic rings. The molecule has 2 rings (SSSR count). The molecule has 0 radical (unpaired) electrons. The summed E-state index contributed by atoms with van der Waals surface area (Å²) in [6.07, 6.45) is 0.726. The lowest BCUT2D eigenvalue weighted by Gasteiger charge is -2.15. The first-order valence-electron chi connectivity index (χ1n) is 6.60. The molecular formula is C14H19Cl2N3O2. The SMILES string of the molecule is Cl.NC(=O)C1CNCC1C(=O)NCCc1ccc(Cl)cc1. The van der Waals surface area contributed by atoms with Gasteiger partial charge in [-0.25, -0.2) is 0 Å². The Hall–Kier alpha value is -1.30. The minimum Gasteiger partial charge on any atom is -0.369 e. The molecule has 7 heteroatoms. The van der Waals surface area contributed by atoms with Crippen LogP contribution >= 0.6 is 24.0 Å². The van der Waals surface area contributed by atoms with E-state index in [1.54, 1.807) is 0 Å². The lowest BCUT2D eigenvalue weighted by molar-refractivity contribution is -0.131. The van der Waals surface area contributed by atoms with Gasteiger partial charge in [-0.15, -0.1) is 12.4 Å². The molecule has 1 aliphatic rings. The van der Waals surface area contributed by atoms with Crippen molar-refractivity contribution in [1.29, 1.82) is 0 Å². The molecule has 5 nitrogen and oxygen atoms in total. The van der Waals surface area contributed by atoms with Crippen LogP contribution in [-0.4, -0.2) is 31.4 Å². The first-order chi connectivity index (χ1) is 9.58. The highest BCUT2D eigenvalue weighted by Crippen LogP contribution is 2.16. The van der Waals surface area contributed by atoms with Crippen molar-refractivity contribution in [2.45, 2.75) is 6.42 Å². The largest absolute Gasteiger partial charge is 0.369 e. The Balaban J connectivity index is 0.00000220. The minimum atomic E-state index is -0.423. The summed E-state index contributed by atoms with van der Waals surface area (Å²) in [5.74, 6) is -1.32. The number of nitrogens with two attached hydrogens (primary N) is 1. The standard InChI is InChI=1S/C14H18ClN3O2.ClH/c15-10-3-1-9(2-4-10)5-6-18-14(20)12-8-17-7-11(12)13(16)19;/h1-4,11-12,17H,5-8H2,(H2,16,19)(H,18,20);1H. The molecule has 116 valence electrons. The maximum atomic E-state index is 12.0. The Kier molecular flexibility index (Phi) is 6.95. The van der Waals surface area contributed by atoms with Crippen LogP contribution in [0.2, 0.25) is 5.02 Å². The molecule has 0 saturated carbocycles. The Morgan fingerprint density at radius 3 is 2.48 bits per heavy atom. The van der Waals surface area contributed by atoms with Gasteiger partial charge in [-0.3, -0.25) is 9.59 Å². The molecule has 1 fully saturated rings. The van der Waals surface area contributed by atoms with Crippen LogP contribution in [0, 0.1) is 11.8 Å². The fourth-order valence-corrected chi connectivity index (χ4v) is 2.49. The van der Waals surface area contributed by atoms with Crippen molar-refractivity contribution in [3.05, 3.63) is 34.9 Å². The zero-order valence-corrected chi connectivity index (χ0v) is 13.0. The van der Waals surface area contributed by atoms with E-state index in [2.05, 4.69) is 10.6 Å². The van der Waals surface area contributed by atoms with E-state index in [0.29, 0.717) is 24.7 Å². The Labute approximate surface area is 135 Å². The van der Waals surface area contributed by atoms with Crippen molar-refractivity contribution < 1.29 is 9.59 Å². The van der Waals surface area contributed by atoms with Gasteiger partial charge < -0.3 is 16.4 Å². The normalized spacial score (nSPS) is 20.6. The topological polar surface area (TPSA) is 84.2 Å². The molecule has 4 N–H and O–H groups in total. The third-order valence-corrected chi connectivity index (χ3v) is 3.79. The molecule has 0 spiro atoms. The maximum Gasteiger partial charge on any atom is 0.225 e. The fraction of sp³-hybridized carbons (Fsp3) is 0.429. The summed E-state index contributed by atoms with van der Waals surface area (Å²) in [5.41, 5.74) is 6.39. The summed E-state index contributed by atoms with van der Waals surface area (Å²) in [7, 11) is 0. The lowest BCUT2D eigenvalue weighted by atomic mass is 9.94. The van der Waals surface area contributed by atoms with Crippen molar-refractivity contribution in [3.8, 4) is 0 Å². The molecule has 2 unspecified atom stereocenters. The second-order valence-electron chi connectivity index (χ2n) is 4.94. The summed E-state index contributed by atoms with van der Waals surface area (Å²) < 4.78 is 0. The number of carbonyl (C=O) groups is 2. The van der Waals surface area contributed by atoms with Crippen LogP contribution in [0.25, 0.3) is 0 Å². The third-order valence-electron chi connectivity index (χ3n) is 3.54. The molecule has 1 saturated heterocycles. The van der Waals surface area contributed by atoms with Gasteiger partial charge >= 0.3 is 0 Å². The number of amides is 2. The van der Waals surface area contributed by atoms with E-state index in [1.807, 2.05) is 24.3 Å². The van der Waals surface area contributed by atoms with Crippen molar-refractivity contribution in [2.75, 3.05) is 19.6 Å². The smallest absolute Gasteiger partial charge is 0.225 e. The van der Waals surface area contributed by atoms with Gasteiger partial charge in [0.2, 0.25) is 11.8 Å². The molecule has 1 aromatic carbocycles. The van der Waals surface area contributed by atoms with Gasteiger partial charge in [-0.2, -0.15) is 0 Å². The predicted octanol–water partition coefficient (Wildman–Crippen LogP) is 0.741. The van der Waals surface area contributed by atoms with E-state index in [4.69, 9.17) is 17.3 Å². The average molecular weight is 332 g/mol. The van der Waals surface area contributed by atoms with Crippen LogP contribution in [-0.2, 0) is 16.0 Å². The van der Waals surface area contributed by atoms with E-state index in [-0.39, 0.29) is 24.2 Å². The molecule has 1 aliphatic heterocycles. The summed E-state index contributed by atoms with van der Waals surface area (Å²) >= 11 is 5.81. The highest BCUT2D eigenvalue weighted by Gasteiger charge is 2.36. The first-order valence-corrected chi connectivity index (χ1v) is 6.98. The van der Waals surface area contributed by atoms with Gasteiger partial charge in [0.15, 0.2) is 0 Å². The molecule has 0 aromatic heterocycles. The number of hydrogen-bond donors (Lipinski definition) is 3. The zero-order valence-electron chi connectivity index (χ0n) is 11.5. The van der Waals surface area contributed by atoms with Crippen molar-refractivity contribution >= 4 is 35.8 Å². The van der Waals surface area contributed by atoms with Gasteiger partial charge in [0.1, 0.15) is 0 Å². The summed E-state index contributed by atoms with van der Waals surface area (Å²) in [6.45, 7) is 1.51. The van der Waals surface area contributed by atoms with E-state index in [1.165, 1.54) is 0 Å². The van der Waals surface area contributed by atoms with Gasteiger partial charge in [-0.1, -0.05) is 23.7 Å². The number of benzene rings is 1. The number of hydrogen-bond acceptors (Lipinski definition) is 3. The first kappa shape index (κ1) is 17.8. The van der Waals surface area contributed by atoms with Crippen LogP contribution in [0.3, 0.4) is 0 Å².